The predicted octanol–water partition coefficient (Wildman–Crippen LogP) is 0.256. The van der Waals surface area contributed by atoms with Crippen molar-refractivity contribution < 1.29 is 22.7 Å². The van der Waals surface area contributed by atoms with E-state index in [4.69, 9.17) is 0 Å². The highest BCUT2D eigenvalue weighted by molar-refractivity contribution is 7.92. The molecule has 2 N–H and O–H groups in total. The average Bonchev–Trinajstić information content (AvgIpc) is 2.58. The van der Waals surface area contributed by atoms with Crippen LogP contribution in [0.4, 0.5) is 0 Å². The van der Waals surface area contributed by atoms with Crippen molar-refractivity contribution in [2.75, 3.05) is 26.5 Å². The van der Waals surface area contributed by atoms with E-state index in [-0.39, 0.29) is 19.4 Å². The standard InChI is InChI=1S/C16H22N2O5S/c1-23-14(19)13-5-3-4-12(10-13)11-18-15(20)16(24(2,21)22)6-8-17-9-7-16/h3-5,10,17H,6-9,11H2,1-2H3,(H,18,20). The maximum absolute atomic E-state index is 12.6. The van der Waals surface area contributed by atoms with E-state index in [2.05, 4.69) is 15.4 Å². The highest BCUT2D eigenvalue weighted by Gasteiger charge is 2.48. The van der Waals surface area contributed by atoms with Crippen LogP contribution in [0.5, 0.6) is 0 Å². The Kier molecular flexibility index (Phi) is 5.61. The minimum Gasteiger partial charge on any atom is -0.465 e. The molecule has 7 nitrogen and oxygen atoms in total. The van der Waals surface area contributed by atoms with Gasteiger partial charge in [-0.1, -0.05) is 12.1 Å². The van der Waals surface area contributed by atoms with Gasteiger partial charge in [0.15, 0.2) is 14.6 Å². The quantitative estimate of drug-likeness (QED) is 0.736. The zero-order valence-electron chi connectivity index (χ0n) is 13.8. The molecule has 0 atom stereocenters. The van der Waals surface area contributed by atoms with E-state index < -0.39 is 26.5 Å². The van der Waals surface area contributed by atoms with Gasteiger partial charge < -0.3 is 15.4 Å². The van der Waals surface area contributed by atoms with E-state index in [0.717, 1.165) is 6.26 Å². The van der Waals surface area contributed by atoms with Crippen LogP contribution in [0.3, 0.4) is 0 Å². The van der Waals surface area contributed by atoms with Crippen molar-refractivity contribution in [1.29, 1.82) is 0 Å². The summed E-state index contributed by atoms with van der Waals surface area (Å²) in [5.74, 6) is -0.955. The van der Waals surface area contributed by atoms with Crippen molar-refractivity contribution in [2.45, 2.75) is 24.1 Å². The third-order valence-electron chi connectivity index (χ3n) is 4.34. The van der Waals surface area contributed by atoms with Gasteiger partial charge in [-0.25, -0.2) is 13.2 Å². The molecule has 0 unspecified atom stereocenters. The molecule has 1 heterocycles. The second-order valence-corrected chi connectivity index (χ2v) is 8.22. The number of ether oxygens (including phenoxy) is 1. The summed E-state index contributed by atoms with van der Waals surface area (Å²) in [5, 5.41) is 5.77. The van der Waals surface area contributed by atoms with Crippen LogP contribution in [0.1, 0.15) is 28.8 Å². The number of benzene rings is 1. The molecular weight excluding hydrogens is 332 g/mol. The molecule has 2 rings (SSSR count). The monoisotopic (exact) mass is 354 g/mol. The first-order chi connectivity index (χ1) is 11.3. The van der Waals surface area contributed by atoms with Crippen molar-refractivity contribution in [3.8, 4) is 0 Å². The zero-order chi connectivity index (χ0) is 17.8. The third-order valence-corrected chi connectivity index (χ3v) is 6.35. The number of carbonyl (C=O) groups is 2. The fourth-order valence-electron chi connectivity index (χ4n) is 2.87. The number of rotatable bonds is 5. The lowest BCUT2D eigenvalue weighted by Gasteiger charge is -2.34. The average molecular weight is 354 g/mol. The number of piperidine rings is 1. The van der Waals surface area contributed by atoms with E-state index >= 15 is 0 Å². The van der Waals surface area contributed by atoms with Crippen LogP contribution < -0.4 is 10.6 Å². The van der Waals surface area contributed by atoms with E-state index in [0.29, 0.717) is 24.2 Å². The minimum atomic E-state index is -3.54. The van der Waals surface area contributed by atoms with Gasteiger partial charge in [0, 0.05) is 12.8 Å². The van der Waals surface area contributed by atoms with Crippen molar-refractivity contribution in [2.24, 2.45) is 0 Å². The normalized spacial score (nSPS) is 17.1. The van der Waals surface area contributed by atoms with Crippen LogP contribution in [0.2, 0.25) is 0 Å². The van der Waals surface area contributed by atoms with Gasteiger partial charge >= 0.3 is 5.97 Å². The summed E-state index contributed by atoms with van der Waals surface area (Å²) >= 11 is 0. The maximum Gasteiger partial charge on any atom is 0.337 e. The van der Waals surface area contributed by atoms with Gasteiger partial charge in [0.2, 0.25) is 5.91 Å². The predicted molar refractivity (Wildman–Crippen MR) is 89.3 cm³/mol. The van der Waals surface area contributed by atoms with Crippen molar-refractivity contribution in [3.05, 3.63) is 35.4 Å². The number of carbonyl (C=O) groups excluding carboxylic acids is 2. The molecule has 0 aromatic heterocycles. The molecule has 132 valence electrons. The first kappa shape index (κ1) is 18.4. The zero-order valence-corrected chi connectivity index (χ0v) is 14.6. The third kappa shape index (κ3) is 3.76. The molecule has 0 radical (unpaired) electrons. The number of esters is 1. The number of methoxy groups -OCH3 is 1. The Labute approximate surface area is 141 Å². The fourth-order valence-corrected chi connectivity index (χ4v) is 4.22. The van der Waals surface area contributed by atoms with E-state index in [9.17, 15) is 18.0 Å². The highest BCUT2D eigenvalue weighted by Crippen LogP contribution is 2.28. The Morgan fingerprint density at radius 2 is 1.96 bits per heavy atom. The Morgan fingerprint density at radius 3 is 2.54 bits per heavy atom. The summed E-state index contributed by atoms with van der Waals surface area (Å²) in [6, 6.07) is 6.66. The van der Waals surface area contributed by atoms with E-state index in [1.54, 1.807) is 24.3 Å². The molecule has 0 bridgehead atoms. The Morgan fingerprint density at radius 1 is 1.29 bits per heavy atom. The lowest BCUT2D eigenvalue weighted by atomic mass is 9.95. The number of amides is 1. The number of nitrogens with one attached hydrogen (secondary N) is 2. The molecule has 1 amide bonds. The number of sulfone groups is 1. The topological polar surface area (TPSA) is 102 Å². The van der Waals surface area contributed by atoms with Crippen LogP contribution in [-0.4, -0.2) is 51.5 Å². The van der Waals surface area contributed by atoms with Crippen molar-refractivity contribution >= 4 is 21.7 Å². The van der Waals surface area contributed by atoms with Gasteiger partial charge in [-0.3, -0.25) is 4.79 Å². The largest absolute Gasteiger partial charge is 0.465 e. The first-order valence-corrected chi connectivity index (χ1v) is 9.55. The smallest absolute Gasteiger partial charge is 0.337 e. The second-order valence-electron chi connectivity index (χ2n) is 5.89. The minimum absolute atomic E-state index is 0.147. The van der Waals surface area contributed by atoms with Gasteiger partial charge in [0.05, 0.1) is 12.7 Å². The molecule has 24 heavy (non-hydrogen) atoms. The van der Waals surface area contributed by atoms with Crippen LogP contribution in [0.15, 0.2) is 24.3 Å². The maximum atomic E-state index is 12.6. The number of hydrogen-bond acceptors (Lipinski definition) is 6. The molecule has 1 aromatic rings. The lowest BCUT2D eigenvalue weighted by Crippen LogP contribution is -2.57. The summed E-state index contributed by atoms with van der Waals surface area (Å²) in [5.41, 5.74) is 1.08. The molecule has 1 fully saturated rings. The first-order valence-electron chi connectivity index (χ1n) is 7.66. The van der Waals surface area contributed by atoms with E-state index in [1.807, 2.05) is 0 Å². The molecule has 8 heteroatoms. The van der Waals surface area contributed by atoms with Crippen molar-refractivity contribution in [3.63, 3.8) is 0 Å². The Balaban J connectivity index is 2.13. The van der Waals surface area contributed by atoms with E-state index in [1.165, 1.54) is 7.11 Å². The molecule has 0 aliphatic carbocycles. The van der Waals surface area contributed by atoms with Gasteiger partial charge in [-0.05, 0) is 43.6 Å². The number of hydrogen-bond donors (Lipinski definition) is 2. The fraction of sp³-hybridized carbons (Fsp3) is 0.500. The molecule has 1 aliphatic heterocycles. The summed E-state index contributed by atoms with van der Waals surface area (Å²) in [7, 11) is -2.25. The van der Waals surface area contributed by atoms with Gasteiger partial charge in [-0.15, -0.1) is 0 Å². The molecule has 1 aliphatic rings. The van der Waals surface area contributed by atoms with Crippen LogP contribution >= 0.6 is 0 Å². The van der Waals surface area contributed by atoms with Gasteiger partial charge in [0.25, 0.3) is 0 Å². The van der Waals surface area contributed by atoms with Crippen molar-refractivity contribution in [1.82, 2.24) is 10.6 Å². The van der Waals surface area contributed by atoms with Crippen LogP contribution in [0, 0.1) is 0 Å². The molecule has 1 saturated heterocycles. The van der Waals surface area contributed by atoms with Gasteiger partial charge in [-0.2, -0.15) is 0 Å². The molecule has 1 aromatic carbocycles. The summed E-state index contributed by atoms with van der Waals surface area (Å²) < 4.78 is 27.7. The SMILES string of the molecule is COC(=O)c1cccc(CNC(=O)C2(S(C)(=O)=O)CCNCC2)c1. The Hall–Kier alpha value is -1.93. The van der Waals surface area contributed by atoms with Crippen LogP contribution in [0.25, 0.3) is 0 Å². The summed E-state index contributed by atoms with van der Waals surface area (Å²) in [6.07, 6.45) is 1.61. The summed E-state index contributed by atoms with van der Waals surface area (Å²) in [6.45, 7) is 1.12. The summed E-state index contributed by atoms with van der Waals surface area (Å²) in [4.78, 5) is 24.1. The second kappa shape index (κ2) is 7.31. The molecular formula is C16H22N2O5S. The molecule has 0 spiro atoms. The Bertz CT molecular complexity index is 724. The van der Waals surface area contributed by atoms with Gasteiger partial charge in [0.1, 0.15) is 0 Å². The lowest BCUT2D eigenvalue weighted by molar-refractivity contribution is -0.124. The highest BCUT2D eigenvalue weighted by atomic mass is 32.2. The molecule has 0 saturated carbocycles. The van der Waals surface area contributed by atoms with Crippen LogP contribution in [-0.2, 0) is 25.9 Å².